The average Bonchev–Trinajstić information content (AvgIpc) is 2.97. The van der Waals surface area contributed by atoms with Crippen LogP contribution in [-0.4, -0.2) is 41.3 Å². The Hall–Kier alpha value is -2.34. The van der Waals surface area contributed by atoms with Crippen LogP contribution in [0.25, 0.3) is 5.57 Å². The molecule has 0 saturated carbocycles. The molecule has 1 heterocycles. The van der Waals surface area contributed by atoms with Crippen LogP contribution in [0, 0.1) is 11.8 Å². The molecule has 1 aliphatic rings. The molecule has 3 atom stereocenters. The number of carboxylic acids is 2. The lowest BCUT2D eigenvalue weighted by molar-refractivity contribution is -0.142. The normalized spacial score (nSPS) is 22.5. The van der Waals surface area contributed by atoms with Crippen molar-refractivity contribution in [3.8, 4) is 5.75 Å². The predicted octanol–water partition coefficient (Wildman–Crippen LogP) is 2.64. The van der Waals surface area contributed by atoms with Crippen LogP contribution in [0.15, 0.2) is 30.8 Å². The van der Waals surface area contributed by atoms with Crippen LogP contribution < -0.4 is 10.1 Å². The summed E-state index contributed by atoms with van der Waals surface area (Å²) in [4.78, 5) is 22.6. The van der Waals surface area contributed by atoms with Crippen LogP contribution in [-0.2, 0) is 9.59 Å². The van der Waals surface area contributed by atoms with Gasteiger partial charge in [0.15, 0.2) is 0 Å². The number of unbranched alkanes of at least 4 members (excludes halogenated alkanes) is 1. The van der Waals surface area contributed by atoms with E-state index in [4.69, 9.17) is 9.84 Å². The van der Waals surface area contributed by atoms with Gasteiger partial charge in [-0.2, -0.15) is 0 Å². The third-order valence-corrected chi connectivity index (χ3v) is 4.60. The fourth-order valence-electron chi connectivity index (χ4n) is 3.24. The minimum absolute atomic E-state index is 0.208. The van der Waals surface area contributed by atoms with Crippen molar-refractivity contribution in [3.05, 3.63) is 36.4 Å². The second kappa shape index (κ2) is 8.67. The minimum Gasteiger partial charge on any atom is -0.494 e. The fraction of sp³-hybridized carbons (Fsp3) is 0.474. The van der Waals surface area contributed by atoms with Crippen LogP contribution >= 0.6 is 0 Å². The molecule has 6 heteroatoms. The van der Waals surface area contributed by atoms with Crippen molar-refractivity contribution >= 4 is 17.5 Å². The van der Waals surface area contributed by atoms with E-state index in [1.54, 1.807) is 0 Å². The highest BCUT2D eigenvalue weighted by molar-refractivity contribution is 5.78. The van der Waals surface area contributed by atoms with Gasteiger partial charge in [0.2, 0.25) is 0 Å². The van der Waals surface area contributed by atoms with Crippen LogP contribution in [0.1, 0.15) is 31.7 Å². The first-order valence-electron chi connectivity index (χ1n) is 8.54. The first-order chi connectivity index (χ1) is 11.9. The Morgan fingerprint density at radius 1 is 1.36 bits per heavy atom. The maximum Gasteiger partial charge on any atom is 0.321 e. The highest BCUT2D eigenvalue weighted by Crippen LogP contribution is 2.36. The molecule has 0 bridgehead atoms. The van der Waals surface area contributed by atoms with Gasteiger partial charge < -0.3 is 20.3 Å². The summed E-state index contributed by atoms with van der Waals surface area (Å²) < 4.78 is 5.71. The van der Waals surface area contributed by atoms with E-state index in [0.29, 0.717) is 13.2 Å². The highest BCUT2D eigenvalue weighted by atomic mass is 16.5. The number of benzene rings is 1. The maximum absolute atomic E-state index is 11.4. The average molecular weight is 347 g/mol. The van der Waals surface area contributed by atoms with Crippen molar-refractivity contribution in [2.75, 3.05) is 13.2 Å². The Balaban J connectivity index is 2.16. The number of rotatable bonds is 9. The number of aliphatic carboxylic acids is 2. The number of hydrogen-bond acceptors (Lipinski definition) is 4. The number of nitrogens with one attached hydrogen (secondary N) is 1. The molecule has 1 fully saturated rings. The number of hydrogen-bond donors (Lipinski definition) is 3. The largest absolute Gasteiger partial charge is 0.494 e. The molecule has 0 aliphatic carbocycles. The van der Waals surface area contributed by atoms with E-state index in [9.17, 15) is 14.7 Å². The monoisotopic (exact) mass is 347 g/mol. The molecule has 1 aromatic carbocycles. The molecular formula is C19H25NO5. The molecule has 3 N–H and O–H groups in total. The van der Waals surface area contributed by atoms with Gasteiger partial charge in [-0.3, -0.25) is 9.59 Å². The van der Waals surface area contributed by atoms with Crippen molar-refractivity contribution in [1.29, 1.82) is 0 Å². The third-order valence-electron chi connectivity index (χ3n) is 4.60. The molecule has 0 radical (unpaired) electrons. The molecule has 1 aliphatic heterocycles. The lowest BCUT2D eigenvalue weighted by Gasteiger charge is -2.22. The Kier molecular flexibility index (Phi) is 6.58. The number of carboxylic acid groups (broad SMARTS) is 2. The first kappa shape index (κ1) is 19.0. The van der Waals surface area contributed by atoms with Crippen molar-refractivity contribution in [2.24, 2.45) is 11.8 Å². The Bertz CT molecular complexity index is 642. The Morgan fingerprint density at radius 2 is 2.12 bits per heavy atom. The standard InChI is InChI=1S/C19H25NO5/c1-3-4-8-25-14-7-5-6-13(9-14)12(2)16-11-20-18(19(23)24)15(16)10-17(21)22/h5-7,9,15-16,18,20H,2-4,8,10-11H2,1H3,(H,21,22)(H,23,24)/t15-,16+,18-/m1/s1. The van der Waals surface area contributed by atoms with E-state index in [2.05, 4.69) is 18.8 Å². The molecule has 0 amide bonds. The SMILES string of the molecule is C=C(c1cccc(OCCCC)c1)[C@@H]1CN[C@@H](C(=O)O)[C@@H]1CC(=O)O. The van der Waals surface area contributed by atoms with Crippen molar-refractivity contribution in [2.45, 2.75) is 32.2 Å². The van der Waals surface area contributed by atoms with E-state index < -0.39 is 23.9 Å². The third kappa shape index (κ3) is 4.82. The number of carbonyl (C=O) groups is 2. The molecule has 0 unspecified atom stereocenters. The fourth-order valence-corrected chi connectivity index (χ4v) is 3.24. The zero-order valence-electron chi connectivity index (χ0n) is 14.4. The highest BCUT2D eigenvalue weighted by Gasteiger charge is 2.42. The van der Waals surface area contributed by atoms with Crippen LogP contribution in [0.3, 0.4) is 0 Å². The topological polar surface area (TPSA) is 95.9 Å². The van der Waals surface area contributed by atoms with E-state index >= 15 is 0 Å². The van der Waals surface area contributed by atoms with Crippen molar-refractivity contribution in [1.82, 2.24) is 5.32 Å². The van der Waals surface area contributed by atoms with Gasteiger partial charge in [-0.05, 0) is 29.7 Å². The summed E-state index contributed by atoms with van der Waals surface area (Å²) in [5.74, 6) is -2.08. The molecule has 25 heavy (non-hydrogen) atoms. The molecule has 136 valence electrons. The van der Waals surface area contributed by atoms with Gasteiger partial charge in [0, 0.05) is 18.4 Å². The second-order valence-electron chi connectivity index (χ2n) is 6.35. The molecule has 0 spiro atoms. The minimum atomic E-state index is -1.03. The zero-order valence-corrected chi connectivity index (χ0v) is 14.4. The summed E-state index contributed by atoms with van der Waals surface area (Å²) in [6, 6.07) is 6.63. The van der Waals surface area contributed by atoms with Crippen LogP contribution in [0.5, 0.6) is 5.75 Å². The quantitative estimate of drug-likeness (QED) is 0.594. The molecule has 0 aromatic heterocycles. The molecule has 2 rings (SSSR count). The maximum atomic E-state index is 11.4. The van der Waals surface area contributed by atoms with Gasteiger partial charge in [-0.25, -0.2) is 0 Å². The van der Waals surface area contributed by atoms with Gasteiger partial charge in [-0.15, -0.1) is 0 Å². The first-order valence-corrected chi connectivity index (χ1v) is 8.54. The van der Waals surface area contributed by atoms with Crippen LogP contribution in [0.2, 0.25) is 0 Å². The van der Waals surface area contributed by atoms with Crippen molar-refractivity contribution < 1.29 is 24.5 Å². The summed E-state index contributed by atoms with van der Waals surface area (Å²) in [7, 11) is 0. The van der Waals surface area contributed by atoms with Gasteiger partial charge in [-0.1, -0.05) is 32.1 Å². The molecular weight excluding hydrogens is 322 g/mol. The Labute approximate surface area is 147 Å². The molecule has 6 nitrogen and oxygen atoms in total. The van der Waals surface area contributed by atoms with E-state index in [-0.39, 0.29) is 12.3 Å². The summed E-state index contributed by atoms with van der Waals surface area (Å²) in [6.45, 7) is 7.24. The van der Waals surface area contributed by atoms with Crippen LogP contribution in [0.4, 0.5) is 0 Å². The summed E-state index contributed by atoms with van der Waals surface area (Å²) in [5, 5.41) is 21.4. The van der Waals surface area contributed by atoms with Crippen molar-refractivity contribution in [3.63, 3.8) is 0 Å². The van der Waals surface area contributed by atoms with Gasteiger partial charge in [0.1, 0.15) is 11.8 Å². The molecule has 1 aromatic rings. The van der Waals surface area contributed by atoms with E-state index in [1.165, 1.54) is 0 Å². The predicted molar refractivity (Wildman–Crippen MR) is 94.5 cm³/mol. The molecule has 1 saturated heterocycles. The summed E-state index contributed by atoms with van der Waals surface area (Å²) in [6.07, 6.45) is 1.81. The smallest absolute Gasteiger partial charge is 0.321 e. The van der Waals surface area contributed by atoms with E-state index in [0.717, 1.165) is 29.7 Å². The van der Waals surface area contributed by atoms with Gasteiger partial charge in [0.25, 0.3) is 0 Å². The number of ether oxygens (including phenoxy) is 1. The van der Waals surface area contributed by atoms with Gasteiger partial charge >= 0.3 is 11.9 Å². The lowest BCUT2D eigenvalue weighted by Crippen LogP contribution is -2.36. The summed E-state index contributed by atoms with van der Waals surface area (Å²) >= 11 is 0. The second-order valence-corrected chi connectivity index (χ2v) is 6.35. The lowest BCUT2D eigenvalue weighted by atomic mass is 9.81. The van der Waals surface area contributed by atoms with Gasteiger partial charge in [0.05, 0.1) is 13.0 Å². The Morgan fingerprint density at radius 3 is 2.76 bits per heavy atom. The van der Waals surface area contributed by atoms with E-state index in [1.807, 2.05) is 24.3 Å². The zero-order chi connectivity index (χ0) is 18.4. The summed E-state index contributed by atoms with van der Waals surface area (Å²) in [5.41, 5.74) is 1.59.